The zero-order chi connectivity index (χ0) is 19.9. The first-order valence-electron chi connectivity index (χ1n) is 8.30. The highest BCUT2D eigenvalue weighted by atomic mass is 32.2. The number of allylic oxidation sites excluding steroid dienone is 1. The number of nitrogens with zero attached hydrogens (tertiary/aromatic N) is 2. The van der Waals surface area contributed by atoms with E-state index in [0.717, 1.165) is 21.3 Å². The lowest BCUT2D eigenvalue weighted by atomic mass is 10.2. The molecule has 0 aliphatic rings. The van der Waals surface area contributed by atoms with E-state index in [2.05, 4.69) is 11.0 Å². The van der Waals surface area contributed by atoms with Gasteiger partial charge in [0.25, 0.3) is 10.0 Å². The third-order valence-electron chi connectivity index (χ3n) is 3.81. The van der Waals surface area contributed by atoms with Gasteiger partial charge in [-0.3, -0.25) is 0 Å². The topological polar surface area (TPSA) is 59.0 Å². The molecule has 0 aliphatic carbocycles. The molecule has 0 fully saturated rings. The number of hydrazone groups is 1. The molecule has 0 N–H and O–H groups in total. The van der Waals surface area contributed by atoms with Crippen molar-refractivity contribution >= 4 is 22.3 Å². The van der Waals surface area contributed by atoms with Gasteiger partial charge in [-0.15, -0.1) is 6.42 Å². The van der Waals surface area contributed by atoms with Crippen LogP contribution in [-0.2, 0) is 10.0 Å². The van der Waals surface area contributed by atoms with Gasteiger partial charge in [0, 0.05) is 6.21 Å². The molecule has 0 bridgehead atoms. The molecule has 0 radical (unpaired) electrons. The molecule has 2 aromatic rings. The highest BCUT2D eigenvalue weighted by Crippen LogP contribution is 2.19. The molecular formula is C21H22N2O3S. The van der Waals surface area contributed by atoms with Crippen molar-refractivity contribution in [2.75, 3.05) is 7.11 Å². The van der Waals surface area contributed by atoms with Crippen molar-refractivity contribution in [1.82, 2.24) is 4.41 Å². The zero-order valence-electron chi connectivity index (χ0n) is 15.5. The van der Waals surface area contributed by atoms with Crippen molar-refractivity contribution in [2.45, 2.75) is 24.8 Å². The maximum absolute atomic E-state index is 12.9. The Labute approximate surface area is 161 Å². The molecule has 2 rings (SSSR count). The largest absolute Gasteiger partial charge is 0.497 e. The van der Waals surface area contributed by atoms with E-state index in [9.17, 15) is 8.42 Å². The first-order valence-corrected chi connectivity index (χ1v) is 9.74. The molecule has 140 valence electrons. The van der Waals surface area contributed by atoms with Gasteiger partial charge in [0.05, 0.1) is 12.0 Å². The van der Waals surface area contributed by atoms with Crippen LogP contribution in [0.1, 0.15) is 18.1 Å². The van der Waals surface area contributed by atoms with Crippen LogP contribution in [0.5, 0.6) is 5.75 Å². The Bertz CT molecular complexity index is 954. The summed E-state index contributed by atoms with van der Waals surface area (Å²) in [5.74, 6) is 3.18. The van der Waals surface area contributed by atoms with Crippen LogP contribution in [0.3, 0.4) is 0 Å². The third kappa shape index (κ3) is 5.22. The summed E-state index contributed by atoms with van der Waals surface area (Å²) < 4.78 is 31.8. The molecule has 0 aromatic heterocycles. The van der Waals surface area contributed by atoms with Gasteiger partial charge < -0.3 is 4.74 Å². The second kappa shape index (κ2) is 9.06. The summed E-state index contributed by atoms with van der Waals surface area (Å²) >= 11 is 0. The van der Waals surface area contributed by atoms with E-state index in [1.807, 2.05) is 31.2 Å². The van der Waals surface area contributed by atoms with E-state index < -0.39 is 16.1 Å². The van der Waals surface area contributed by atoms with Gasteiger partial charge in [0.15, 0.2) is 0 Å². The number of benzene rings is 2. The molecule has 1 unspecified atom stereocenters. The van der Waals surface area contributed by atoms with Crippen molar-refractivity contribution in [1.29, 1.82) is 0 Å². The van der Waals surface area contributed by atoms with Gasteiger partial charge in [-0.2, -0.15) is 17.9 Å². The molecular weight excluding hydrogens is 360 g/mol. The average molecular weight is 382 g/mol. The summed E-state index contributed by atoms with van der Waals surface area (Å²) in [6.45, 7) is 3.50. The molecule has 1 atom stereocenters. The molecule has 6 heteroatoms. The summed E-state index contributed by atoms with van der Waals surface area (Å²) in [7, 11) is -2.24. The minimum absolute atomic E-state index is 0.145. The van der Waals surface area contributed by atoms with Crippen LogP contribution in [0.2, 0.25) is 0 Å². The molecule has 5 nitrogen and oxygen atoms in total. The molecule has 27 heavy (non-hydrogen) atoms. The van der Waals surface area contributed by atoms with E-state index in [1.54, 1.807) is 50.5 Å². The fourth-order valence-electron chi connectivity index (χ4n) is 2.23. The lowest BCUT2D eigenvalue weighted by molar-refractivity contribution is 0.405. The van der Waals surface area contributed by atoms with E-state index in [0.29, 0.717) is 0 Å². The van der Waals surface area contributed by atoms with Gasteiger partial charge in [0.2, 0.25) is 0 Å². The molecule has 0 saturated heterocycles. The Morgan fingerprint density at radius 1 is 1.15 bits per heavy atom. The van der Waals surface area contributed by atoms with Crippen LogP contribution in [0.15, 0.2) is 64.6 Å². The smallest absolute Gasteiger partial charge is 0.280 e. The number of aryl methyl sites for hydroxylation is 1. The fourth-order valence-corrected chi connectivity index (χ4v) is 3.58. The van der Waals surface area contributed by atoms with E-state index in [-0.39, 0.29) is 4.90 Å². The predicted molar refractivity (Wildman–Crippen MR) is 109 cm³/mol. The lowest BCUT2D eigenvalue weighted by Crippen LogP contribution is -2.33. The van der Waals surface area contributed by atoms with Gasteiger partial charge in [-0.05, 0) is 49.8 Å². The van der Waals surface area contributed by atoms with Crippen LogP contribution in [0.25, 0.3) is 6.08 Å². The lowest BCUT2D eigenvalue weighted by Gasteiger charge is -2.21. The fraction of sp³-hybridized carbons (Fsp3) is 0.190. The first-order chi connectivity index (χ1) is 12.9. The summed E-state index contributed by atoms with van der Waals surface area (Å²) in [5.41, 5.74) is 1.90. The highest BCUT2D eigenvalue weighted by molar-refractivity contribution is 7.89. The highest BCUT2D eigenvalue weighted by Gasteiger charge is 2.26. The molecule has 0 heterocycles. The van der Waals surface area contributed by atoms with Crippen molar-refractivity contribution in [2.24, 2.45) is 5.10 Å². The van der Waals surface area contributed by atoms with Crippen LogP contribution in [0.4, 0.5) is 0 Å². The summed E-state index contributed by atoms with van der Waals surface area (Å²) in [6, 6.07) is 13.3. The number of methoxy groups -OCH3 is 1. The van der Waals surface area contributed by atoms with Crippen LogP contribution >= 0.6 is 0 Å². The van der Waals surface area contributed by atoms with E-state index in [1.165, 1.54) is 6.21 Å². The SMILES string of the molecule is C#CC(C)N(/N=C/C=C/c1ccc(OC)cc1)S(=O)(=O)c1ccc(C)cc1. The molecule has 0 spiro atoms. The minimum atomic E-state index is -3.84. The third-order valence-corrected chi connectivity index (χ3v) is 5.58. The van der Waals surface area contributed by atoms with Crippen molar-refractivity contribution < 1.29 is 13.2 Å². The van der Waals surface area contributed by atoms with Gasteiger partial charge in [0.1, 0.15) is 11.8 Å². The van der Waals surface area contributed by atoms with Gasteiger partial charge in [-0.1, -0.05) is 41.8 Å². The normalized spacial score (nSPS) is 12.8. The van der Waals surface area contributed by atoms with Crippen LogP contribution in [0, 0.1) is 19.3 Å². The summed E-state index contributed by atoms with van der Waals surface area (Å²) in [5, 5.41) is 4.08. The Morgan fingerprint density at radius 2 is 1.78 bits per heavy atom. The molecule has 2 aromatic carbocycles. The summed E-state index contributed by atoms with van der Waals surface area (Å²) in [4.78, 5) is 0.145. The van der Waals surface area contributed by atoms with Crippen molar-refractivity contribution in [3.05, 3.63) is 65.7 Å². The van der Waals surface area contributed by atoms with Gasteiger partial charge in [-0.25, -0.2) is 0 Å². The number of hydrogen-bond acceptors (Lipinski definition) is 4. The molecule has 0 aliphatic heterocycles. The number of sulfonamides is 1. The Morgan fingerprint density at radius 3 is 2.33 bits per heavy atom. The quantitative estimate of drug-likeness (QED) is 0.417. The van der Waals surface area contributed by atoms with Crippen LogP contribution in [-0.4, -0.2) is 32.2 Å². The maximum atomic E-state index is 12.9. The Balaban J connectivity index is 2.23. The van der Waals surface area contributed by atoms with Gasteiger partial charge >= 0.3 is 0 Å². The second-order valence-corrected chi connectivity index (χ2v) is 7.63. The zero-order valence-corrected chi connectivity index (χ0v) is 16.3. The number of terminal acetylenes is 1. The number of hydrogen-bond donors (Lipinski definition) is 0. The number of rotatable bonds is 7. The second-order valence-electron chi connectivity index (χ2n) is 5.83. The van der Waals surface area contributed by atoms with Crippen molar-refractivity contribution in [3.63, 3.8) is 0 Å². The predicted octanol–water partition coefficient (Wildman–Crippen LogP) is 3.72. The van der Waals surface area contributed by atoms with Crippen molar-refractivity contribution in [3.8, 4) is 18.1 Å². The van der Waals surface area contributed by atoms with E-state index >= 15 is 0 Å². The molecule has 0 amide bonds. The minimum Gasteiger partial charge on any atom is -0.497 e. The maximum Gasteiger partial charge on any atom is 0.280 e. The van der Waals surface area contributed by atoms with E-state index in [4.69, 9.17) is 11.2 Å². The monoisotopic (exact) mass is 382 g/mol. The standard InChI is InChI=1S/C21H22N2O3S/c1-5-18(3)23(27(24,25)21-14-8-17(2)9-15-21)22-16-6-7-19-10-12-20(26-4)13-11-19/h1,6-16,18H,2-4H3/b7-6+,22-16+. The molecule has 0 saturated carbocycles. The van der Waals surface area contributed by atoms with Crippen LogP contribution < -0.4 is 4.74 Å². The Kier molecular flexibility index (Phi) is 6.80. The Hall–Kier alpha value is -3.04. The first kappa shape index (κ1) is 20.3. The number of ether oxygens (including phenoxy) is 1. The summed E-state index contributed by atoms with van der Waals surface area (Å²) in [6.07, 6.45) is 10.3. The average Bonchev–Trinajstić information content (AvgIpc) is 2.68.